The van der Waals surface area contributed by atoms with Crippen molar-refractivity contribution in [3.63, 3.8) is 0 Å². The molecule has 1 N–H and O–H groups in total. The summed E-state index contributed by atoms with van der Waals surface area (Å²) >= 11 is 0. The van der Waals surface area contributed by atoms with Gasteiger partial charge in [-0.3, -0.25) is 4.79 Å². The minimum atomic E-state index is -0.522. The van der Waals surface area contributed by atoms with Crippen molar-refractivity contribution in [1.29, 1.82) is 0 Å². The number of fused-ring (bicyclic) bond motifs is 1. The highest BCUT2D eigenvalue weighted by Crippen LogP contribution is 2.37. The molecule has 2 rings (SSSR count). The molecular formula is C10H13NO4. The minimum Gasteiger partial charge on any atom is -0.459 e. The molecule has 0 aromatic heterocycles. The molecule has 0 aromatic carbocycles. The fourth-order valence-electron chi connectivity index (χ4n) is 1.99. The van der Waals surface area contributed by atoms with Gasteiger partial charge < -0.3 is 14.7 Å². The van der Waals surface area contributed by atoms with Gasteiger partial charge >= 0.3 is 5.97 Å². The predicted octanol–water partition coefficient (Wildman–Crippen LogP) is -0.344. The van der Waals surface area contributed by atoms with Gasteiger partial charge in [-0.15, -0.1) is 0 Å². The third-order valence-electron chi connectivity index (χ3n) is 2.80. The molecule has 2 atom stereocenters. The highest BCUT2D eigenvalue weighted by atomic mass is 16.5. The van der Waals surface area contributed by atoms with Crippen molar-refractivity contribution < 1.29 is 19.4 Å². The van der Waals surface area contributed by atoms with Crippen molar-refractivity contribution in [1.82, 2.24) is 4.90 Å². The van der Waals surface area contributed by atoms with Crippen LogP contribution in [0.4, 0.5) is 0 Å². The number of rotatable bonds is 3. The number of carbonyl (C=O) groups excluding carboxylic acids is 2. The van der Waals surface area contributed by atoms with Crippen molar-refractivity contribution in [2.45, 2.75) is 19.4 Å². The quantitative estimate of drug-likeness (QED) is 0.512. The number of aliphatic hydroxyl groups excluding tert-OH is 1. The highest BCUT2D eigenvalue weighted by molar-refractivity contribution is 5.98. The van der Waals surface area contributed by atoms with Crippen LogP contribution in [0.2, 0.25) is 0 Å². The average molecular weight is 211 g/mol. The van der Waals surface area contributed by atoms with E-state index in [1.165, 1.54) is 4.90 Å². The Kier molecular flexibility index (Phi) is 2.48. The van der Waals surface area contributed by atoms with Crippen LogP contribution in [0.15, 0.2) is 11.8 Å². The zero-order valence-electron chi connectivity index (χ0n) is 8.47. The summed E-state index contributed by atoms with van der Waals surface area (Å²) < 4.78 is 4.77. The SMILES string of the molecule is CC1C=C(C(=O)OCCO)N2C(=O)CC12. The molecule has 2 unspecified atom stereocenters. The number of carbonyl (C=O) groups is 2. The van der Waals surface area contributed by atoms with Gasteiger partial charge in [0.15, 0.2) is 0 Å². The molecule has 1 saturated heterocycles. The standard InChI is InChI=1S/C10H13NO4/c1-6-4-8(10(14)15-3-2-12)11-7(6)5-9(11)13/h4,6-7,12H,2-3,5H2,1H3. The lowest BCUT2D eigenvalue weighted by Crippen LogP contribution is -2.51. The number of β-lactam (4-membered cyclic amide) rings is 1. The lowest BCUT2D eigenvalue weighted by atomic mass is 9.94. The molecule has 5 nitrogen and oxygen atoms in total. The minimum absolute atomic E-state index is 0.0305. The van der Waals surface area contributed by atoms with Gasteiger partial charge in [0, 0.05) is 6.42 Å². The van der Waals surface area contributed by atoms with Crippen molar-refractivity contribution in [2.75, 3.05) is 13.2 Å². The van der Waals surface area contributed by atoms with Crippen LogP contribution in [0.3, 0.4) is 0 Å². The molecule has 15 heavy (non-hydrogen) atoms. The second-order valence-electron chi connectivity index (χ2n) is 3.81. The number of ether oxygens (including phenoxy) is 1. The maximum Gasteiger partial charge on any atom is 0.354 e. The van der Waals surface area contributed by atoms with Crippen LogP contribution in [-0.4, -0.2) is 41.1 Å². The number of esters is 1. The molecule has 0 aromatic rings. The van der Waals surface area contributed by atoms with E-state index >= 15 is 0 Å². The van der Waals surface area contributed by atoms with Crippen molar-refractivity contribution in [2.24, 2.45) is 5.92 Å². The van der Waals surface area contributed by atoms with Gasteiger partial charge in [-0.2, -0.15) is 0 Å². The summed E-state index contributed by atoms with van der Waals surface area (Å²) in [5, 5.41) is 8.52. The van der Waals surface area contributed by atoms with Crippen LogP contribution in [0.5, 0.6) is 0 Å². The molecule has 0 aliphatic carbocycles. The smallest absolute Gasteiger partial charge is 0.354 e. The Labute approximate surface area is 87.3 Å². The van der Waals surface area contributed by atoms with Crippen molar-refractivity contribution in [3.05, 3.63) is 11.8 Å². The van der Waals surface area contributed by atoms with E-state index < -0.39 is 5.97 Å². The van der Waals surface area contributed by atoms with E-state index in [1.807, 2.05) is 6.92 Å². The Morgan fingerprint density at radius 3 is 3.07 bits per heavy atom. The molecule has 5 heteroatoms. The summed E-state index contributed by atoms with van der Waals surface area (Å²) in [6.07, 6.45) is 2.27. The molecule has 0 spiro atoms. The van der Waals surface area contributed by atoms with Gasteiger partial charge in [0.1, 0.15) is 12.3 Å². The van der Waals surface area contributed by atoms with Crippen LogP contribution >= 0.6 is 0 Å². The maximum atomic E-state index is 11.5. The lowest BCUT2D eigenvalue weighted by Gasteiger charge is -2.37. The molecule has 82 valence electrons. The summed E-state index contributed by atoms with van der Waals surface area (Å²) in [5.74, 6) is -0.345. The summed E-state index contributed by atoms with van der Waals surface area (Å²) in [7, 11) is 0. The van der Waals surface area contributed by atoms with E-state index in [9.17, 15) is 9.59 Å². The molecule has 2 heterocycles. The van der Waals surface area contributed by atoms with Gasteiger partial charge in [-0.1, -0.05) is 6.92 Å². The molecule has 2 aliphatic rings. The summed E-state index contributed by atoms with van der Waals surface area (Å²) in [6.45, 7) is 1.74. The third kappa shape index (κ3) is 1.52. The number of amides is 1. The fourth-order valence-corrected chi connectivity index (χ4v) is 1.99. The van der Waals surface area contributed by atoms with E-state index in [4.69, 9.17) is 9.84 Å². The van der Waals surface area contributed by atoms with E-state index in [1.54, 1.807) is 6.08 Å². The van der Waals surface area contributed by atoms with Crippen LogP contribution < -0.4 is 0 Å². The van der Waals surface area contributed by atoms with E-state index in [2.05, 4.69) is 0 Å². The first-order chi connectivity index (χ1) is 7.15. The van der Waals surface area contributed by atoms with Crippen molar-refractivity contribution >= 4 is 11.9 Å². The molecular weight excluding hydrogens is 198 g/mol. The van der Waals surface area contributed by atoms with Gasteiger partial charge in [0.05, 0.1) is 12.6 Å². The van der Waals surface area contributed by atoms with Crippen molar-refractivity contribution in [3.8, 4) is 0 Å². The monoisotopic (exact) mass is 211 g/mol. The van der Waals surface area contributed by atoms with E-state index in [0.717, 1.165) is 0 Å². The second kappa shape index (κ2) is 3.66. The topological polar surface area (TPSA) is 66.8 Å². The number of aliphatic hydroxyl groups is 1. The van der Waals surface area contributed by atoms with Gasteiger partial charge in [0.2, 0.25) is 5.91 Å². The van der Waals surface area contributed by atoms with Gasteiger partial charge in [-0.25, -0.2) is 4.79 Å². The largest absolute Gasteiger partial charge is 0.459 e. The van der Waals surface area contributed by atoms with Gasteiger partial charge in [-0.05, 0) is 12.0 Å². The maximum absolute atomic E-state index is 11.5. The first-order valence-corrected chi connectivity index (χ1v) is 4.97. The molecule has 2 aliphatic heterocycles. The number of nitrogens with zero attached hydrogens (tertiary/aromatic N) is 1. The molecule has 0 saturated carbocycles. The first kappa shape index (κ1) is 10.2. The van der Waals surface area contributed by atoms with Crippen LogP contribution in [0, 0.1) is 5.92 Å². The Hall–Kier alpha value is -1.36. The first-order valence-electron chi connectivity index (χ1n) is 4.97. The average Bonchev–Trinajstić information content (AvgIpc) is 2.46. The number of hydrogen-bond donors (Lipinski definition) is 1. The number of hydrogen-bond acceptors (Lipinski definition) is 4. The summed E-state index contributed by atoms with van der Waals surface area (Å²) in [6, 6.07) is 0.133. The van der Waals surface area contributed by atoms with E-state index in [-0.39, 0.29) is 31.1 Å². The molecule has 0 radical (unpaired) electrons. The van der Waals surface area contributed by atoms with Crippen LogP contribution in [0.25, 0.3) is 0 Å². The van der Waals surface area contributed by atoms with Crippen LogP contribution in [0.1, 0.15) is 13.3 Å². The Bertz CT molecular complexity index is 336. The highest BCUT2D eigenvalue weighted by Gasteiger charge is 2.47. The predicted molar refractivity (Wildman–Crippen MR) is 50.5 cm³/mol. The molecule has 1 amide bonds. The Morgan fingerprint density at radius 1 is 1.73 bits per heavy atom. The Morgan fingerprint density at radius 2 is 2.47 bits per heavy atom. The molecule has 1 fully saturated rings. The molecule has 0 bridgehead atoms. The Balaban J connectivity index is 2.05. The van der Waals surface area contributed by atoms with Gasteiger partial charge in [0.25, 0.3) is 0 Å². The van der Waals surface area contributed by atoms with E-state index in [0.29, 0.717) is 12.1 Å². The normalized spacial score (nSPS) is 28.3. The zero-order valence-corrected chi connectivity index (χ0v) is 8.47. The summed E-state index contributed by atoms with van der Waals surface area (Å²) in [4.78, 5) is 24.3. The zero-order chi connectivity index (χ0) is 11.0. The lowest BCUT2D eigenvalue weighted by molar-refractivity contribution is -0.151. The summed E-state index contributed by atoms with van der Waals surface area (Å²) in [5.41, 5.74) is 0.331. The fraction of sp³-hybridized carbons (Fsp3) is 0.600. The third-order valence-corrected chi connectivity index (χ3v) is 2.80. The second-order valence-corrected chi connectivity index (χ2v) is 3.81. The van der Waals surface area contributed by atoms with Crippen LogP contribution in [-0.2, 0) is 14.3 Å².